The van der Waals surface area contributed by atoms with E-state index < -0.39 is 12.0 Å². The molecule has 138 valence electrons. The lowest BCUT2D eigenvalue weighted by Gasteiger charge is -2.19. The summed E-state index contributed by atoms with van der Waals surface area (Å²) >= 11 is 0. The lowest BCUT2D eigenvalue weighted by atomic mass is 10.0. The molecule has 2 aromatic carbocycles. The van der Waals surface area contributed by atoms with Gasteiger partial charge in [0.1, 0.15) is 0 Å². The molecule has 2 rings (SSSR count). The van der Waals surface area contributed by atoms with Gasteiger partial charge in [-0.05, 0) is 30.2 Å². The number of carboxylic acid groups (broad SMARTS) is 1. The van der Waals surface area contributed by atoms with E-state index in [2.05, 4.69) is 5.32 Å². The molecule has 0 heterocycles. The molecule has 0 fully saturated rings. The largest absolute Gasteiger partial charge is 0.493 e. The standard InChI is InChI=1S/C20H23NO5/c1-3-26-17-10-9-15(12-18(17)25-2)16(13-20(23)24)21-19(22)11-14-7-5-4-6-8-14/h4-10,12,16H,3,11,13H2,1-2H3,(H,21,22)(H,23,24)/t16-/m0/s1. The molecule has 0 spiro atoms. The fraction of sp³-hybridized carbons (Fsp3) is 0.300. The number of carbonyl (C=O) groups excluding carboxylic acids is 1. The molecule has 0 unspecified atom stereocenters. The van der Waals surface area contributed by atoms with Crippen molar-refractivity contribution >= 4 is 11.9 Å². The van der Waals surface area contributed by atoms with E-state index in [1.165, 1.54) is 7.11 Å². The Labute approximate surface area is 152 Å². The lowest BCUT2D eigenvalue weighted by Crippen LogP contribution is -2.31. The highest BCUT2D eigenvalue weighted by molar-refractivity contribution is 5.80. The molecule has 2 N–H and O–H groups in total. The Morgan fingerprint density at radius 1 is 1.12 bits per heavy atom. The van der Waals surface area contributed by atoms with Gasteiger partial charge in [0, 0.05) is 0 Å². The summed E-state index contributed by atoms with van der Waals surface area (Å²) in [5.41, 5.74) is 1.51. The van der Waals surface area contributed by atoms with Crippen LogP contribution in [-0.2, 0) is 16.0 Å². The van der Waals surface area contributed by atoms with Gasteiger partial charge in [-0.2, -0.15) is 0 Å². The average Bonchev–Trinajstić information content (AvgIpc) is 2.62. The predicted octanol–water partition coefficient (Wildman–Crippen LogP) is 2.97. The van der Waals surface area contributed by atoms with Crippen LogP contribution >= 0.6 is 0 Å². The SMILES string of the molecule is CCOc1ccc([C@H](CC(=O)O)NC(=O)Cc2ccccc2)cc1OC. The van der Waals surface area contributed by atoms with Crippen LogP contribution in [0.3, 0.4) is 0 Å². The summed E-state index contributed by atoms with van der Waals surface area (Å²) in [5.74, 6) is -0.168. The Balaban J connectivity index is 2.18. The number of rotatable bonds is 9. The maximum absolute atomic E-state index is 12.3. The minimum absolute atomic E-state index is 0.186. The van der Waals surface area contributed by atoms with Crippen LogP contribution in [0.1, 0.15) is 30.5 Å². The van der Waals surface area contributed by atoms with Crippen LogP contribution in [0.5, 0.6) is 11.5 Å². The number of carboxylic acids is 1. The van der Waals surface area contributed by atoms with Gasteiger partial charge in [0.05, 0.1) is 32.6 Å². The number of hydrogen-bond acceptors (Lipinski definition) is 4. The summed E-state index contributed by atoms with van der Waals surface area (Å²) in [6.45, 7) is 2.35. The second kappa shape index (κ2) is 9.46. The van der Waals surface area contributed by atoms with Crippen molar-refractivity contribution in [2.75, 3.05) is 13.7 Å². The van der Waals surface area contributed by atoms with Gasteiger partial charge >= 0.3 is 5.97 Å². The molecule has 1 atom stereocenters. The van der Waals surface area contributed by atoms with Crippen molar-refractivity contribution in [2.45, 2.75) is 25.8 Å². The lowest BCUT2D eigenvalue weighted by molar-refractivity contribution is -0.137. The zero-order chi connectivity index (χ0) is 18.9. The first-order valence-electron chi connectivity index (χ1n) is 8.39. The van der Waals surface area contributed by atoms with E-state index in [9.17, 15) is 14.7 Å². The van der Waals surface area contributed by atoms with Crippen LogP contribution < -0.4 is 14.8 Å². The summed E-state index contributed by atoms with van der Waals surface area (Å²) in [4.78, 5) is 23.6. The first-order valence-corrected chi connectivity index (χ1v) is 8.39. The maximum atomic E-state index is 12.3. The van der Waals surface area contributed by atoms with Crippen molar-refractivity contribution in [2.24, 2.45) is 0 Å². The third kappa shape index (κ3) is 5.51. The zero-order valence-corrected chi connectivity index (χ0v) is 14.9. The number of methoxy groups -OCH3 is 1. The number of amides is 1. The fourth-order valence-electron chi connectivity index (χ4n) is 2.63. The monoisotopic (exact) mass is 357 g/mol. The fourth-order valence-corrected chi connectivity index (χ4v) is 2.63. The minimum atomic E-state index is -0.997. The molecule has 0 aromatic heterocycles. The summed E-state index contributed by atoms with van der Waals surface area (Å²) < 4.78 is 10.8. The third-order valence-electron chi connectivity index (χ3n) is 3.81. The van der Waals surface area contributed by atoms with Gasteiger partial charge < -0.3 is 19.9 Å². The highest BCUT2D eigenvalue weighted by Gasteiger charge is 2.20. The van der Waals surface area contributed by atoms with Crippen molar-refractivity contribution in [3.63, 3.8) is 0 Å². The van der Waals surface area contributed by atoms with Gasteiger partial charge in [-0.25, -0.2) is 0 Å². The molecule has 0 bridgehead atoms. The molecule has 0 saturated carbocycles. The number of benzene rings is 2. The van der Waals surface area contributed by atoms with E-state index in [-0.39, 0.29) is 18.7 Å². The van der Waals surface area contributed by atoms with Gasteiger partial charge in [0.15, 0.2) is 11.5 Å². The molecule has 0 aliphatic rings. The summed E-state index contributed by atoms with van der Waals surface area (Å²) in [6.07, 6.45) is -0.0389. The van der Waals surface area contributed by atoms with Crippen molar-refractivity contribution in [1.82, 2.24) is 5.32 Å². The number of nitrogens with one attached hydrogen (secondary N) is 1. The highest BCUT2D eigenvalue weighted by Crippen LogP contribution is 2.31. The summed E-state index contributed by atoms with van der Waals surface area (Å²) in [7, 11) is 1.52. The molecule has 1 amide bonds. The first kappa shape index (κ1) is 19.3. The first-order chi connectivity index (χ1) is 12.5. The molecule has 0 aliphatic heterocycles. The Kier molecular flexibility index (Phi) is 7.02. The molecule has 0 radical (unpaired) electrons. The normalized spacial score (nSPS) is 11.5. The number of aliphatic carboxylic acids is 1. The van der Waals surface area contributed by atoms with E-state index in [1.54, 1.807) is 18.2 Å². The van der Waals surface area contributed by atoms with Crippen LogP contribution in [0.4, 0.5) is 0 Å². The minimum Gasteiger partial charge on any atom is -0.493 e. The van der Waals surface area contributed by atoms with Gasteiger partial charge in [-0.3, -0.25) is 9.59 Å². The Morgan fingerprint density at radius 3 is 2.46 bits per heavy atom. The number of ether oxygens (including phenoxy) is 2. The molecule has 2 aromatic rings. The van der Waals surface area contributed by atoms with E-state index in [0.29, 0.717) is 23.7 Å². The Morgan fingerprint density at radius 2 is 1.85 bits per heavy atom. The van der Waals surface area contributed by atoms with Crippen LogP contribution in [0.2, 0.25) is 0 Å². The van der Waals surface area contributed by atoms with Crippen LogP contribution in [0.25, 0.3) is 0 Å². The van der Waals surface area contributed by atoms with Gasteiger partial charge in [-0.1, -0.05) is 36.4 Å². The number of hydrogen-bond donors (Lipinski definition) is 2. The van der Waals surface area contributed by atoms with E-state index >= 15 is 0 Å². The molecule has 0 aliphatic carbocycles. The van der Waals surface area contributed by atoms with Crippen LogP contribution in [-0.4, -0.2) is 30.7 Å². The van der Waals surface area contributed by atoms with E-state index in [0.717, 1.165) is 5.56 Å². The Hall–Kier alpha value is -3.02. The zero-order valence-electron chi connectivity index (χ0n) is 14.9. The Bertz CT molecular complexity index is 745. The maximum Gasteiger partial charge on any atom is 0.305 e. The van der Waals surface area contributed by atoms with Gasteiger partial charge in [-0.15, -0.1) is 0 Å². The van der Waals surface area contributed by atoms with Gasteiger partial charge in [0.25, 0.3) is 0 Å². The molecule has 6 heteroatoms. The molecule has 6 nitrogen and oxygen atoms in total. The molecule has 0 saturated heterocycles. The quantitative estimate of drug-likeness (QED) is 0.721. The summed E-state index contributed by atoms with van der Waals surface area (Å²) in [5, 5.41) is 12.0. The number of carbonyl (C=O) groups is 2. The van der Waals surface area contributed by atoms with Crippen molar-refractivity contribution in [3.05, 3.63) is 59.7 Å². The summed E-state index contributed by atoms with van der Waals surface area (Å²) in [6, 6.07) is 13.8. The second-order valence-electron chi connectivity index (χ2n) is 5.72. The van der Waals surface area contributed by atoms with Gasteiger partial charge in [0.2, 0.25) is 5.91 Å². The smallest absolute Gasteiger partial charge is 0.305 e. The third-order valence-corrected chi connectivity index (χ3v) is 3.81. The van der Waals surface area contributed by atoms with Crippen molar-refractivity contribution in [3.8, 4) is 11.5 Å². The van der Waals surface area contributed by atoms with Crippen molar-refractivity contribution in [1.29, 1.82) is 0 Å². The second-order valence-corrected chi connectivity index (χ2v) is 5.72. The highest BCUT2D eigenvalue weighted by atomic mass is 16.5. The molecular formula is C20H23NO5. The van der Waals surface area contributed by atoms with Crippen LogP contribution in [0.15, 0.2) is 48.5 Å². The van der Waals surface area contributed by atoms with Crippen molar-refractivity contribution < 1.29 is 24.2 Å². The average molecular weight is 357 g/mol. The molecular weight excluding hydrogens is 334 g/mol. The predicted molar refractivity (Wildman–Crippen MR) is 97.4 cm³/mol. The van der Waals surface area contributed by atoms with Crippen LogP contribution in [0, 0.1) is 0 Å². The topological polar surface area (TPSA) is 84.9 Å². The van der Waals surface area contributed by atoms with E-state index in [4.69, 9.17) is 9.47 Å². The molecule has 26 heavy (non-hydrogen) atoms. The van der Waals surface area contributed by atoms with E-state index in [1.807, 2.05) is 37.3 Å².